The van der Waals surface area contributed by atoms with Gasteiger partial charge in [0.25, 0.3) is 0 Å². The Kier molecular flexibility index (Phi) is 3.10. The summed E-state index contributed by atoms with van der Waals surface area (Å²) in [7, 11) is -1.84. The number of aryl methyl sites for hydroxylation is 1. The van der Waals surface area contributed by atoms with E-state index in [0.29, 0.717) is 16.3 Å². The molecule has 0 unspecified atom stereocenters. The van der Waals surface area contributed by atoms with Crippen molar-refractivity contribution in [3.8, 4) is 0 Å². The number of anilines is 1. The van der Waals surface area contributed by atoms with Crippen LogP contribution in [0.2, 0.25) is 5.02 Å². The highest BCUT2D eigenvalue weighted by atomic mass is 35.5. The van der Waals surface area contributed by atoms with Gasteiger partial charge >= 0.3 is 0 Å². The van der Waals surface area contributed by atoms with Crippen LogP contribution in [0.3, 0.4) is 0 Å². The molecule has 1 aliphatic rings. The van der Waals surface area contributed by atoms with Crippen LogP contribution in [0.4, 0.5) is 5.69 Å². The zero-order valence-electron chi connectivity index (χ0n) is 9.77. The zero-order valence-corrected chi connectivity index (χ0v) is 11.3. The van der Waals surface area contributed by atoms with Gasteiger partial charge in [0, 0.05) is 13.1 Å². The van der Waals surface area contributed by atoms with Gasteiger partial charge in [-0.25, -0.2) is 8.42 Å². The van der Waals surface area contributed by atoms with Gasteiger partial charge in [0.2, 0.25) is 10.0 Å². The second-order valence-corrected chi connectivity index (χ2v) is 6.77. The van der Waals surface area contributed by atoms with Crippen molar-refractivity contribution in [2.24, 2.45) is 0 Å². The van der Waals surface area contributed by atoms with E-state index >= 15 is 0 Å². The summed E-state index contributed by atoms with van der Waals surface area (Å²) in [5, 5.41) is 0.415. The van der Waals surface area contributed by atoms with Crippen LogP contribution < -0.4 is 5.73 Å². The van der Waals surface area contributed by atoms with Crippen molar-refractivity contribution in [1.29, 1.82) is 0 Å². The molecule has 2 N–H and O–H groups in total. The smallest absolute Gasteiger partial charge is 0.243 e. The van der Waals surface area contributed by atoms with E-state index in [-0.39, 0.29) is 10.9 Å². The summed E-state index contributed by atoms with van der Waals surface area (Å²) < 4.78 is 25.9. The molecule has 1 saturated carbocycles. The van der Waals surface area contributed by atoms with Crippen molar-refractivity contribution in [2.75, 3.05) is 12.8 Å². The number of nitrogen functional groups attached to an aromatic ring is 1. The molecule has 0 bridgehead atoms. The van der Waals surface area contributed by atoms with Gasteiger partial charge in [-0.2, -0.15) is 4.31 Å². The molecule has 0 aromatic heterocycles. The molecule has 2 rings (SSSR count). The lowest BCUT2D eigenvalue weighted by atomic mass is 10.2. The van der Waals surface area contributed by atoms with Crippen LogP contribution >= 0.6 is 11.6 Å². The largest absolute Gasteiger partial charge is 0.397 e. The normalized spacial score (nSPS) is 16.5. The maximum Gasteiger partial charge on any atom is 0.243 e. The molecule has 0 spiro atoms. The summed E-state index contributed by atoms with van der Waals surface area (Å²) in [5.41, 5.74) is 6.67. The Morgan fingerprint density at radius 1 is 1.41 bits per heavy atom. The third-order valence-electron chi connectivity index (χ3n) is 2.99. The summed E-state index contributed by atoms with van der Waals surface area (Å²) in [6.07, 6.45) is 1.86. The van der Waals surface area contributed by atoms with E-state index < -0.39 is 10.0 Å². The highest BCUT2D eigenvalue weighted by molar-refractivity contribution is 7.89. The standard InChI is InChI=1S/C11H15ClN2O2S/c1-7-5-9(6-10(13)11(7)12)17(15,16)14(2)8-3-4-8/h5-6,8H,3-4,13H2,1-2H3. The first kappa shape index (κ1) is 12.7. The van der Waals surface area contributed by atoms with Gasteiger partial charge in [-0.1, -0.05) is 11.6 Å². The Hall–Kier alpha value is -0.780. The van der Waals surface area contributed by atoms with Gasteiger partial charge in [-0.3, -0.25) is 0 Å². The van der Waals surface area contributed by atoms with Gasteiger partial charge in [0.05, 0.1) is 15.6 Å². The number of rotatable bonds is 3. The fourth-order valence-electron chi connectivity index (χ4n) is 1.71. The van der Waals surface area contributed by atoms with E-state index in [1.807, 2.05) is 0 Å². The third kappa shape index (κ3) is 2.27. The van der Waals surface area contributed by atoms with Gasteiger partial charge in [0.1, 0.15) is 0 Å². The zero-order chi connectivity index (χ0) is 12.8. The number of hydrogen-bond acceptors (Lipinski definition) is 3. The molecular weight excluding hydrogens is 260 g/mol. The Morgan fingerprint density at radius 3 is 2.47 bits per heavy atom. The van der Waals surface area contributed by atoms with Crippen LogP contribution in [0.5, 0.6) is 0 Å². The molecule has 17 heavy (non-hydrogen) atoms. The molecule has 94 valence electrons. The lowest BCUT2D eigenvalue weighted by Gasteiger charge is -2.17. The van der Waals surface area contributed by atoms with Crippen LogP contribution in [-0.2, 0) is 10.0 Å². The average Bonchev–Trinajstić information content (AvgIpc) is 3.07. The Bertz CT molecular complexity index is 530. The molecule has 6 heteroatoms. The average molecular weight is 275 g/mol. The van der Waals surface area contributed by atoms with E-state index in [9.17, 15) is 8.42 Å². The van der Waals surface area contributed by atoms with E-state index in [1.165, 1.54) is 10.4 Å². The minimum Gasteiger partial charge on any atom is -0.397 e. The fourth-order valence-corrected chi connectivity index (χ4v) is 3.36. The maximum atomic E-state index is 12.3. The number of halogens is 1. The van der Waals surface area contributed by atoms with Gasteiger partial charge < -0.3 is 5.73 Å². The van der Waals surface area contributed by atoms with Crippen molar-refractivity contribution in [3.63, 3.8) is 0 Å². The third-order valence-corrected chi connectivity index (χ3v) is 5.40. The second-order valence-electron chi connectivity index (χ2n) is 4.40. The van der Waals surface area contributed by atoms with E-state index in [4.69, 9.17) is 17.3 Å². The van der Waals surface area contributed by atoms with Crippen LogP contribution in [-0.4, -0.2) is 25.8 Å². The van der Waals surface area contributed by atoms with Crippen LogP contribution in [0.15, 0.2) is 17.0 Å². The molecule has 0 aliphatic heterocycles. The lowest BCUT2D eigenvalue weighted by molar-refractivity contribution is 0.464. The Morgan fingerprint density at radius 2 is 2.00 bits per heavy atom. The van der Waals surface area contributed by atoms with Crippen molar-refractivity contribution < 1.29 is 8.42 Å². The highest BCUT2D eigenvalue weighted by Crippen LogP contribution is 2.33. The molecule has 4 nitrogen and oxygen atoms in total. The van der Waals surface area contributed by atoms with Crippen molar-refractivity contribution >= 4 is 27.3 Å². The van der Waals surface area contributed by atoms with Gasteiger partial charge in [0.15, 0.2) is 0 Å². The Labute approximate surface area is 106 Å². The molecule has 1 aliphatic carbocycles. The minimum atomic E-state index is -3.44. The van der Waals surface area contributed by atoms with E-state index in [2.05, 4.69) is 0 Å². The molecule has 1 aromatic carbocycles. The second kappa shape index (κ2) is 4.15. The monoisotopic (exact) mass is 274 g/mol. The molecule has 0 heterocycles. The Balaban J connectivity index is 2.46. The number of sulfonamides is 1. The summed E-state index contributed by atoms with van der Waals surface area (Å²) in [4.78, 5) is 0.214. The summed E-state index contributed by atoms with van der Waals surface area (Å²) in [6, 6.07) is 3.12. The summed E-state index contributed by atoms with van der Waals surface area (Å²) >= 11 is 5.92. The fraction of sp³-hybridized carbons (Fsp3) is 0.455. The van der Waals surface area contributed by atoms with Crippen molar-refractivity contribution in [3.05, 3.63) is 22.7 Å². The quantitative estimate of drug-likeness (QED) is 0.858. The number of nitrogens with zero attached hydrogens (tertiary/aromatic N) is 1. The molecule has 1 aromatic rings. The lowest BCUT2D eigenvalue weighted by Crippen LogP contribution is -2.29. The predicted octanol–water partition coefficient (Wildman–Crippen LogP) is 2.01. The topological polar surface area (TPSA) is 63.4 Å². The SMILES string of the molecule is Cc1cc(S(=O)(=O)N(C)C2CC2)cc(N)c1Cl. The molecule has 0 saturated heterocycles. The van der Waals surface area contributed by atoms with Crippen LogP contribution in [0.25, 0.3) is 0 Å². The molecule has 0 amide bonds. The minimum absolute atomic E-state index is 0.136. The van der Waals surface area contributed by atoms with Crippen molar-refractivity contribution in [2.45, 2.75) is 30.7 Å². The highest BCUT2D eigenvalue weighted by Gasteiger charge is 2.35. The predicted molar refractivity (Wildman–Crippen MR) is 68.6 cm³/mol. The van der Waals surface area contributed by atoms with Crippen LogP contribution in [0, 0.1) is 6.92 Å². The summed E-state index contributed by atoms with van der Waals surface area (Å²) in [5.74, 6) is 0. The first-order chi connectivity index (χ1) is 7.84. The number of hydrogen-bond donors (Lipinski definition) is 1. The first-order valence-electron chi connectivity index (χ1n) is 5.37. The van der Waals surface area contributed by atoms with Crippen LogP contribution in [0.1, 0.15) is 18.4 Å². The number of nitrogens with two attached hydrogens (primary N) is 1. The maximum absolute atomic E-state index is 12.3. The first-order valence-corrected chi connectivity index (χ1v) is 7.19. The molecule has 0 radical (unpaired) electrons. The van der Waals surface area contributed by atoms with Gasteiger partial charge in [-0.05, 0) is 37.5 Å². The van der Waals surface area contributed by atoms with Gasteiger partial charge in [-0.15, -0.1) is 0 Å². The van der Waals surface area contributed by atoms with E-state index in [0.717, 1.165) is 12.8 Å². The molecular formula is C11H15ClN2O2S. The number of benzene rings is 1. The molecule has 0 atom stereocenters. The summed E-state index contributed by atoms with van der Waals surface area (Å²) in [6.45, 7) is 1.74. The van der Waals surface area contributed by atoms with Crippen molar-refractivity contribution in [1.82, 2.24) is 4.31 Å². The van der Waals surface area contributed by atoms with E-state index in [1.54, 1.807) is 20.0 Å². The molecule has 1 fully saturated rings.